The summed E-state index contributed by atoms with van der Waals surface area (Å²) in [4.78, 5) is 38.0. The van der Waals surface area contributed by atoms with Gasteiger partial charge in [0.05, 0.1) is 0 Å². The van der Waals surface area contributed by atoms with Crippen molar-refractivity contribution in [2.24, 2.45) is 0 Å². The molecule has 0 heterocycles. The Kier molecular flexibility index (Phi) is 48.3. The Bertz CT molecular complexity index is 1030. The summed E-state index contributed by atoms with van der Waals surface area (Å²) in [6, 6.07) is 0. The number of ether oxygens (including phenoxy) is 3. The van der Waals surface area contributed by atoms with E-state index in [9.17, 15) is 14.4 Å². The zero-order valence-corrected chi connectivity index (χ0v) is 40.7. The van der Waals surface area contributed by atoms with E-state index in [0.29, 0.717) is 19.3 Å². The van der Waals surface area contributed by atoms with Crippen LogP contribution >= 0.6 is 0 Å². The second-order valence-corrected chi connectivity index (χ2v) is 17.8. The molecule has 0 rings (SSSR count). The smallest absolute Gasteiger partial charge is 0.306 e. The van der Waals surface area contributed by atoms with E-state index in [1.807, 2.05) is 0 Å². The molecule has 0 fully saturated rings. The first-order valence-electron chi connectivity index (χ1n) is 26.5. The molecule has 1 unspecified atom stereocenters. The summed E-state index contributed by atoms with van der Waals surface area (Å²) in [7, 11) is 0. The quantitative estimate of drug-likeness (QED) is 0.0262. The lowest BCUT2D eigenvalue weighted by Gasteiger charge is -2.18. The lowest BCUT2D eigenvalue weighted by molar-refractivity contribution is -0.167. The molecule has 0 bridgehead atoms. The third-order valence-electron chi connectivity index (χ3n) is 11.7. The standard InChI is InChI=1S/C55H100O6/c1-4-7-10-13-16-19-22-25-27-29-30-33-36-39-42-45-48-54(57)60-51-52(50-59-53(56)47-44-41-38-35-32-24-21-18-15-12-9-6-3)61-55(58)49-46-43-40-37-34-31-28-26-23-20-17-14-11-8-5-2/h8,11,14,17,20,23,52H,4-7,9-10,12-13,15-16,18-19,21-22,24-51H2,1-3H3/b11-8-,17-14-,23-20-. The molecule has 0 aliphatic carbocycles. The molecule has 0 saturated heterocycles. The number of rotatable bonds is 48. The van der Waals surface area contributed by atoms with Gasteiger partial charge in [0.1, 0.15) is 13.2 Å². The van der Waals surface area contributed by atoms with Crippen LogP contribution in [0.5, 0.6) is 0 Å². The summed E-state index contributed by atoms with van der Waals surface area (Å²) < 4.78 is 16.8. The van der Waals surface area contributed by atoms with Gasteiger partial charge in [-0.3, -0.25) is 14.4 Å². The monoisotopic (exact) mass is 857 g/mol. The number of carbonyl (C=O) groups is 3. The Morgan fingerprint density at radius 1 is 0.344 bits per heavy atom. The van der Waals surface area contributed by atoms with Crippen LogP contribution in [0.2, 0.25) is 0 Å². The molecule has 6 heteroatoms. The minimum Gasteiger partial charge on any atom is -0.462 e. The molecule has 0 saturated carbocycles. The Labute approximate surface area is 378 Å². The molecule has 0 N–H and O–H groups in total. The van der Waals surface area contributed by atoms with E-state index in [2.05, 4.69) is 57.2 Å². The molecule has 6 nitrogen and oxygen atoms in total. The fourth-order valence-corrected chi connectivity index (χ4v) is 7.74. The third kappa shape index (κ3) is 48.5. The molecule has 1 atom stereocenters. The Morgan fingerprint density at radius 3 is 0.984 bits per heavy atom. The maximum absolute atomic E-state index is 12.8. The minimum atomic E-state index is -0.773. The van der Waals surface area contributed by atoms with Crippen molar-refractivity contribution in [2.75, 3.05) is 13.2 Å². The van der Waals surface area contributed by atoms with Crippen LogP contribution in [0.3, 0.4) is 0 Å². The summed E-state index contributed by atoms with van der Waals surface area (Å²) in [6.45, 7) is 6.53. The van der Waals surface area contributed by atoms with Gasteiger partial charge in [-0.1, -0.05) is 256 Å². The van der Waals surface area contributed by atoms with Crippen molar-refractivity contribution in [3.05, 3.63) is 36.5 Å². The van der Waals surface area contributed by atoms with Gasteiger partial charge in [-0.2, -0.15) is 0 Å². The van der Waals surface area contributed by atoms with Crippen molar-refractivity contribution in [2.45, 2.75) is 284 Å². The van der Waals surface area contributed by atoms with Gasteiger partial charge in [0.2, 0.25) is 0 Å². The molecule has 0 aromatic heterocycles. The Morgan fingerprint density at radius 2 is 0.639 bits per heavy atom. The predicted octanol–water partition coefficient (Wildman–Crippen LogP) is 17.3. The van der Waals surface area contributed by atoms with E-state index in [1.165, 1.54) is 167 Å². The fourth-order valence-electron chi connectivity index (χ4n) is 7.74. The van der Waals surface area contributed by atoms with E-state index in [1.54, 1.807) is 0 Å². The zero-order valence-electron chi connectivity index (χ0n) is 40.7. The van der Waals surface area contributed by atoms with E-state index < -0.39 is 6.10 Å². The number of hydrogen-bond donors (Lipinski definition) is 0. The topological polar surface area (TPSA) is 78.9 Å². The number of unbranched alkanes of at least 4 members (excludes halogenated alkanes) is 33. The van der Waals surface area contributed by atoms with Crippen molar-refractivity contribution in [1.29, 1.82) is 0 Å². The molecule has 356 valence electrons. The van der Waals surface area contributed by atoms with Crippen LogP contribution in [0, 0.1) is 0 Å². The van der Waals surface area contributed by atoms with Crippen LogP contribution in [-0.2, 0) is 28.6 Å². The Balaban J connectivity index is 4.34. The molecule has 0 aromatic rings. The molecule has 0 spiro atoms. The van der Waals surface area contributed by atoms with E-state index in [4.69, 9.17) is 14.2 Å². The van der Waals surface area contributed by atoms with Gasteiger partial charge in [-0.05, 0) is 38.5 Å². The molecule has 0 amide bonds. The third-order valence-corrected chi connectivity index (χ3v) is 11.7. The second-order valence-electron chi connectivity index (χ2n) is 17.8. The van der Waals surface area contributed by atoms with Gasteiger partial charge in [-0.15, -0.1) is 0 Å². The Hall–Kier alpha value is -2.37. The summed E-state index contributed by atoms with van der Waals surface area (Å²) >= 11 is 0. The highest BCUT2D eigenvalue weighted by molar-refractivity contribution is 5.71. The van der Waals surface area contributed by atoms with Crippen molar-refractivity contribution in [3.8, 4) is 0 Å². The average molecular weight is 857 g/mol. The highest BCUT2D eigenvalue weighted by atomic mass is 16.6. The first-order valence-corrected chi connectivity index (χ1v) is 26.5. The van der Waals surface area contributed by atoms with Crippen LogP contribution in [0.15, 0.2) is 36.5 Å². The van der Waals surface area contributed by atoms with Gasteiger partial charge in [0.25, 0.3) is 0 Å². The molecule has 0 aliphatic heterocycles. The number of allylic oxidation sites excluding steroid dienone is 6. The summed E-state index contributed by atoms with van der Waals surface area (Å²) in [5, 5.41) is 0. The van der Waals surface area contributed by atoms with Gasteiger partial charge in [0, 0.05) is 19.3 Å². The van der Waals surface area contributed by atoms with Crippen molar-refractivity contribution >= 4 is 17.9 Å². The maximum Gasteiger partial charge on any atom is 0.306 e. The van der Waals surface area contributed by atoms with E-state index in [0.717, 1.165) is 70.6 Å². The number of carbonyl (C=O) groups excluding carboxylic acids is 3. The fraction of sp³-hybridized carbons (Fsp3) is 0.836. The summed E-state index contributed by atoms with van der Waals surface area (Å²) in [5.41, 5.74) is 0. The summed E-state index contributed by atoms with van der Waals surface area (Å²) in [6.07, 6.45) is 58.4. The van der Waals surface area contributed by atoms with Gasteiger partial charge >= 0.3 is 17.9 Å². The molecular weight excluding hydrogens is 757 g/mol. The lowest BCUT2D eigenvalue weighted by Crippen LogP contribution is -2.30. The van der Waals surface area contributed by atoms with E-state index in [-0.39, 0.29) is 31.1 Å². The van der Waals surface area contributed by atoms with Crippen LogP contribution < -0.4 is 0 Å². The minimum absolute atomic E-state index is 0.0727. The molecule has 61 heavy (non-hydrogen) atoms. The van der Waals surface area contributed by atoms with E-state index >= 15 is 0 Å². The van der Waals surface area contributed by atoms with Gasteiger partial charge < -0.3 is 14.2 Å². The molecule has 0 aromatic carbocycles. The molecule has 0 aliphatic rings. The predicted molar refractivity (Wildman–Crippen MR) is 261 cm³/mol. The second kappa shape index (κ2) is 50.3. The SMILES string of the molecule is CC\C=C/C=C\C=C/CCCCCCCCCC(=O)OC(COC(=O)CCCCCCCCCCCCCC)COC(=O)CCCCCCCCCCCCCCCCCC. The molecule has 0 radical (unpaired) electrons. The van der Waals surface area contributed by atoms with Crippen LogP contribution in [0.4, 0.5) is 0 Å². The number of esters is 3. The van der Waals surface area contributed by atoms with Crippen molar-refractivity contribution in [3.63, 3.8) is 0 Å². The average Bonchev–Trinajstić information content (AvgIpc) is 3.26. The van der Waals surface area contributed by atoms with Crippen molar-refractivity contribution < 1.29 is 28.6 Å². The number of hydrogen-bond acceptors (Lipinski definition) is 6. The van der Waals surface area contributed by atoms with Crippen LogP contribution in [-0.4, -0.2) is 37.2 Å². The highest BCUT2D eigenvalue weighted by Crippen LogP contribution is 2.16. The lowest BCUT2D eigenvalue weighted by atomic mass is 10.0. The largest absolute Gasteiger partial charge is 0.462 e. The first kappa shape index (κ1) is 58.6. The normalized spacial score (nSPS) is 12.2. The first-order chi connectivity index (χ1) is 30.0. The summed E-state index contributed by atoms with van der Waals surface area (Å²) in [5.74, 6) is -0.871. The van der Waals surface area contributed by atoms with Gasteiger partial charge in [-0.25, -0.2) is 0 Å². The molecular formula is C55H100O6. The zero-order chi connectivity index (χ0) is 44.4. The van der Waals surface area contributed by atoms with Gasteiger partial charge in [0.15, 0.2) is 6.10 Å². The van der Waals surface area contributed by atoms with Crippen molar-refractivity contribution in [1.82, 2.24) is 0 Å². The maximum atomic E-state index is 12.8. The highest BCUT2D eigenvalue weighted by Gasteiger charge is 2.19. The van der Waals surface area contributed by atoms with Crippen LogP contribution in [0.25, 0.3) is 0 Å². The van der Waals surface area contributed by atoms with Crippen LogP contribution in [0.1, 0.15) is 278 Å².